The lowest BCUT2D eigenvalue weighted by Crippen LogP contribution is -2.49. The molecular formula is C15H23N3O2. The topological polar surface area (TPSA) is 58.8 Å². The van der Waals surface area contributed by atoms with Gasteiger partial charge in [-0.3, -0.25) is 0 Å². The standard InChI is InChI=1S/C15H23N3O2/c1-3-20-15(19)18-9-7-17(8-10-18)14-12(2)5-4-6-13(14)11-16/h4-6H,3,7-11,16H2,1-2H3. The molecule has 1 aromatic carbocycles. The Morgan fingerprint density at radius 1 is 1.30 bits per heavy atom. The van der Waals surface area contributed by atoms with E-state index in [-0.39, 0.29) is 6.09 Å². The van der Waals surface area contributed by atoms with Crippen molar-refractivity contribution in [3.63, 3.8) is 0 Å². The Kier molecular flexibility index (Phi) is 4.84. The normalized spacial score (nSPS) is 15.3. The van der Waals surface area contributed by atoms with Crippen LogP contribution in [0.3, 0.4) is 0 Å². The van der Waals surface area contributed by atoms with Gasteiger partial charge >= 0.3 is 6.09 Å². The van der Waals surface area contributed by atoms with E-state index in [0.29, 0.717) is 26.2 Å². The first-order valence-corrected chi connectivity index (χ1v) is 7.12. The molecule has 1 saturated heterocycles. The van der Waals surface area contributed by atoms with Crippen LogP contribution >= 0.6 is 0 Å². The van der Waals surface area contributed by atoms with E-state index >= 15 is 0 Å². The molecule has 1 aliphatic heterocycles. The van der Waals surface area contributed by atoms with Crippen LogP contribution in [0, 0.1) is 6.92 Å². The Morgan fingerprint density at radius 2 is 2.00 bits per heavy atom. The number of carbonyl (C=O) groups excluding carboxylic acids is 1. The zero-order chi connectivity index (χ0) is 14.5. The smallest absolute Gasteiger partial charge is 0.409 e. The molecule has 1 aromatic rings. The van der Waals surface area contributed by atoms with Crippen LogP contribution < -0.4 is 10.6 Å². The van der Waals surface area contributed by atoms with E-state index in [1.54, 1.807) is 4.90 Å². The largest absolute Gasteiger partial charge is 0.450 e. The van der Waals surface area contributed by atoms with Crippen LogP contribution in [0.1, 0.15) is 18.1 Å². The van der Waals surface area contributed by atoms with E-state index in [0.717, 1.165) is 18.7 Å². The van der Waals surface area contributed by atoms with Gasteiger partial charge in [-0.25, -0.2) is 4.79 Å². The average Bonchev–Trinajstić information content (AvgIpc) is 2.47. The maximum atomic E-state index is 11.7. The predicted octanol–water partition coefficient (Wildman–Crippen LogP) is 1.73. The average molecular weight is 277 g/mol. The summed E-state index contributed by atoms with van der Waals surface area (Å²) in [7, 11) is 0. The van der Waals surface area contributed by atoms with Crippen LogP contribution in [-0.2, 0) is 11.3 Å². The Hall–Kier alpha value is -1.75. The number of hydrogen-bond acceptors (Lipinski definition) is 4. The summed E-state index contributed by atoms with van der Waals surface area (Å²) in [6.07, 6.45) is -0.212. The second-order valence-corrected chi connectivity index (χ2v) is 4.96. The molecule has 0 atom stereocenters. The Balaban J connectivity index is 2.06. The zero-order valence-corrected chi connectivity index (χ0v) is 12.3. The Labute approximate surface area is 120 Å². The molecule has 2 rings (SSSR count). The van der Waals surface area contributed by atoms with Gasteiger partial charge in [-0.2, -0.15) is 0 Å². The van der Waals surface area contributed by atoms with Gasteiger partial charge in [-0.1, -0.05) is 18.2 Å². The molecule has 1 heterocycles. The first kappa shape index (κ1) is 14.7. The molecule has 0 radical (unpaired) electrons. The molecule has 0 bridgehead atoms. The van der Waals surface area contributed by atoms with Crippen LogP contribution in [0.15, 0.2) is 18.2 Å². The van der Waals surface area contributed by atoms with Crippen LogP contribution in [0.4, 0.5) is 10.5 Å². The summed E-state index contributed by atoms with van der Waals surface area (Å²) in [5, 5.41) is 0. The minimum atomic E-state index is -0.212. The Bertz CT molecular complexity index is 468. The molecule has 0 saturated carbocycles. The molecular weight excluding hydrogens is 254 g/mol. The highest BCUT2D eigenvalue weighted by atomic mass is 16.6. The third-order valence-corrected chi connectivity index (χ3v) is 3.66. The molecule has 5 nitrogen and oxygen atoms in total. The zero-order valence-electron chi connectivity index (χ0n) is 12.3. The number of nitrogens with zero attached hydrogens (tertiary/aromatic N) is 2. The summed E-state index contributed by atoms with van der Waals surface area (Å²) < 4.78 is 5.04. The van der Waals surface area contributed by atoms with Gasteiger partial charge in [0.05, 0.1) is 6.61 Å². The van der Waals surface area contributed by atoms with Crippen molar-refractivity contribution in [2.75, 3.05) is 37.7 Å². The van der Waals surface area contributed by atoms with Crippen molar-refractivity contribution in [1.29, 1.82) is 0 Å². The van der Waals surface area contributed by atoms with Gasteiger partial charge in [0.2, 0.25) is 0 Å². The monoisotopic (exact) mass is 277 g/mol. The number of nitrogens with two attached hydrogens (primary N) is 1. The van der Waals surface area contributed by atoms with Gasteiger partial charge in [0.1, 0.15) is 0 Å². The number of ether oxygens (including phenoxy) is 1. The number of carbonyl (C=O) groups is 1. The number of rotatable bonds is 3. The van der Waals surface area contributed by atoms with E-state index in [2.05, 4.69) is 24.0 Å². The predicted molar refractivity (Wildman–Crippen MR) is 79.9 cm³/mol. The summed E-state index contributed by atoms with van der Waals surface area (Å²) in [5.41, 5.74) is 9.45. The maximum absolute atomic E-state index is 11.7. The highest BCUT2D eigenvalue weighted by Gasteiger charge is 2.23. The van der Waals surface area contributed by atoms with E-state index in [4.69, 9.17) is 10.5 Å². The minimum absolute atomic E-state index is 0.212. The third kappa shape index (κ3) is 3.04. The summed E-state index contributed by atoms with van der Waals surface area (Å²) in [6, 6.07) is 6.21. The van der Waals surface area contributed by atoms with Crippen LogP contribution in [0.5, 0.6) is 0 Å². The third-order valence-electron chi connectivity index (χ3n) is 3.66. The second kappa shape index (κ2) is 6.61. The number of piperazine rings is 1. The highest BCUT2D eigenvalue weighted by Crippen LogP contribution is 2.26. The van der Waals surface area contributed by atoms with Crippen molar-refractivity contribution in [2.24, 2.45) is 5.73 Å². The van der Waals surface area contributed by atoms with Gasteiger partial charge in [0.25, 0.3) is 0 Å². The number of anilines is 1. The van der Waals surface area contributed by atoms with Gasteiger partial charge < -0.3 is 20.3 Å². The van der Waals surface area contributed by atoms with Crippen molar-refractivity contribution in [2.45, 2.75) is 20.4 Å². The number of hydrogen-bond donors (Lipinski definition) is 1. The lowest BCUT2D eigenvalue weighted by Gasteiger charge is -2.37. The van der Waals surface area contributed by atoms with Crippen LogP contribution in [0.25, 0.3) is 0 Å². The first-order valence-electron chi connectivity index (χ1n) is 7.12. The lowest BCUT2D eigenvalue weighted by molar-refractivity contribution is 0.105. The molecule has 1 amide bonds. The summed E-state index contributed by atoms with van der Waals surface area (Å²) in [4.78, 5) is 15.8. The molecule has 0 aliphatic carbocycles. The van der Waals surface area contributed by atoms with Crippen LogP contribution in [-0.4, -0.2) is 43.8 Å². The number of benzene rings is 1. The summed E-state index contributed by atoms with van der Waals surface area (Å²) >= 11 is 0. The Morgan fingerprint density at radius 3 is 2.60 bits per heavy atom. The fourth-order valence-corrected chi connectivity index (χ4v) is 2.66. The number of amides is 1. The van der Waals surface area contributed by atoms with Crippen molar-refractivity contribution in [3.05, 3.63) is 29.3 Å². The molecule has 0 aromatic heterocycles. The fraction of sp³-hybridized carbons (Fsp3) is 0.533. The van der Waals surface area contributed by atoms with E-state index in [1.807, 2.05) is 13.0 Å². The SMILES string of the molecule is CCOC(=O)N1CCN(c2c(C)cccc2CN)CC1. The molecule has 1 aliphatic rings. The van der Waals surface area contributed by atoms with Crippen molar-refractivity contribution >= 4 is 11.8 Å². The molecule has 20 heavy (non-hydrogen) atoms. The fourth-order valence-electron chi connectivity index (χ4n) is 2.66. The molecule has 0 unspecified atom stereocenters. The minimum Gasteiger partial charge on any atom is -0.450 e. The van der Waals surface area contributed by atoms with Gasteiger partial charge in [0, 0.05) is 38.4 Å². The number of para-hydroxylation sites is 1. The van der Waals surface area contributed by atoms with E-state index in [1.165, 1.54) is 11.3 Å². The number of aryl methyl sites for hydroxylation is 1. The van der Waals surface area contributed by atoms with E-state index < -0.39 is 0 Å². The van der Waals surface area contributed by atoms with Gasteiger partial charge in [-0.15, -0.1) is 0 Å². The molecule has 5 heteroatoms. The van der Waals surface area contributed by atoms with Crippen molar-refractivity contribution in [1.82, 2.24) is 4.90 Å². The molecule has 1 fully saturated rings. The van der Waals surface area contributed by atoms with Gasteiger partial charge in [0.15, 0.2) is 0 Å². The molecule has 2 N–H and O–H groups in total. The first-order chi connectivity index (χ1) is 9.67. The molecule has 110 valence electrons. The van der Waals surface area contributed by atoms with Gasteiger partial charge in [-0.05, 0) is 25.0 Å². The quantitative estimate of drug-likeness (QED) is 0.914. The summed E-state index contributed by atoms with van der Waals surface area (Å²) in [6.45, 7) is 7.91. The lowest BCUT2D eigenvalue weighted by atomic mass is 10.1. The molecule has 0 spiro atoms. The maximum Gasteiger partial charge on any atom is 0.409 e. The van der Waals surface area contributed by atoms with E-state index in [9.17, 15) is 4.79 Å². The summed E-state index contributed by atoms with van der Waals surface area (Å²) in [5.74, 6) is 0. The van der Waals surface area contributed by atoms with Crippen molar-refractivity contribution < 1.29 is 9.53 Å². The van der Waals surface area contributed by atoms with Crippen LogP contribution in [0.2, 0.25) is 0 Å². The van der Waals surface area contributed by atoms with Crippen molar-refractivity contribution in [3.8, 4) is 0 Å². The second-order valence-electron chi connectivity index (χ2n) is 4.96. The highest BCUT2D eigenvalue weighted by molar-refractivity contribution is 5.68.